The lowest BCUT2D eigenvalue weighted by Gasteiger charge is -2.34. The molecule has 1 unspecified atom stereocenters. The third-order valence-corrected chi connectivity index (χ3v) is 5.34. The number of morpholine rings is 1. The van der Waals surface area contributed by atoms with Crippen LogP contribution in [0.15, 0.2) is 67.0 Å². The molecule has 1 aliphatic heterocycles. The number of rotatable bonds is 4. The number of para-hydroxylation sites is 1. The Balaban J connectivity index is 1.39. The zero-order valence-corrected chi connectivity index (χ0v) is 15.9. The fourth-order valence-corrected chi connectivity index (χ4v) is 3.80. The molecule has 0 saturated carbocycles. The van der Waals surface area contributed by atoms with Gasteiger partial charge in [-0.3, -0.25) is 9.88 Å². The number of aromatic amines is 1. The molecule has 3 heterocycles. The smallest absolute Gasteiger partial charge is 0.126 e. The first-order valence-corrected chi connectivity index (χ1v) is 9.72. The van der Waals surface area contributed by atoms with Gasteiger partial charge in [0.05, 0.1) is 36.7 Å². The van der Waals surface area contributed by atoms with Crippen LogP contribution in [0.2, 0.25) is 0 Å². The van der Waals surface area contributed by atoms with Crippen molar-refractivity contribution in [3.05, 3.63) is 84.2 Å². The normalized spacial score (nSPS) is 17.6. The van der Waals surface area contributed by atoms with Gasteiger partial charge in [-0.25, -0.2) is 9.37 Å². The number of hydrogen-bond donors (Lipinski definition) is 1. The number of H-pyrrole nitrogens is 1. The number of ether oxygens (including phenoxy) is 1. The maximum absolute atomic E-state index is 13.2. The number of imidazole rings is 1. The molecule has 4 aromatic rings. The fourth-order valence-electron chi connectivity index (χ4n) is 3.80. The third kappa shape index (κ3) is 3.77. The lowest BCUT2D eigenvalue weighted by molar-refractivity contribution is -0.0156. The number of pyridine rings is 1. The molecule has 0 bridgehead atoms. The number of benzene rings is 2. The molecule has 1 saturated heterocycles. The molecular formula is C23H21FN4O. The minimum atomic E-state index is -0.246. The van der Waals surface area contributed by atoms with Crippen molar-refractivity contribution in [3.8, 4) is 11.3 Å². The van der Waals surface area contributed by atoms with Gasteiger partial charge in [-0.1, -0.05) is 18.2 Å². The van der Waals surface area contributed by atoms with Gasteiger partial charge in [-0.05, 0) is 47.5 Å². The Morgan fingerprint density at radius 3 is 2.83 bits per heavy atom. The van der Waals surface area contributed by atoms with Crippen LogP contribution in [0.5, 0.6) is 0 Å². The Hall–Kier alpha value is -3.09. The second-order valence-electron chi connectivity index (χ2n) is 7.29. The van der Waals surface area contributed by atoms with Gasteiger partial charge in [-0.2, -0.15) is 0 Å². The highest BCUT2D eigenvalue weighted by molar-refractivity contribution is 5.78. The van der Waals surface area contributed by atoms with E-state index in [9.17, 15) is 4.39 Å². The van der Waals surface area contributed by atoms with E-state index in [1.807, 2.05) is 24.4 Å². The number of nitrogens with one attached hydrogen (secondary N) is 1. The summed E-state index contributed by atoms with van der Waals surface area (Å²) in [5.74, 6) is 0.613. The van der Waals surface area contributed by atoms with Gasteiger partial charge in [0.15, 0.2) is 0 Å². The van der Waals surface area contributed by atoms with Crippen molar-refractivity contribution in [2.45, 2.75) is 12.6 Å². The van der Waals surface area contributed by atoms with Crippen molar-refractivity contribution < 1.29 is 9.13 Å². The molecule has 2 aromatic heterocycles. The van der Waals surface area contributed by atoms with E-state index in [-0.39, 0.29) is 11.9 Å². The maximum atomic E-state index is 13.2. The minimum Gasteiger partial charge on any atom is -0.378 e. The van der Waals surface area contributed by atoms with Crippen LogP contribution < -0.4 is 0 Å². The van der Waals surface area contributed by atoms with E-state index in [1.54, 1.807) is 18.3 Å². The largest absolute Gasteiger partial charge is 0.378 e. The van der Waals surface area contributed by atoms with Gasteiger partial charge in [-0.15, -0.1) is 0 Å². The molecule has 1 N–H and O–H groups in total. The van der Waals surface area contributed by atoms with Crippen LogP contribution in [0.4, 0.5) is 4.39 Å². The monoisotopic (exact) mass is 388 g/mol. The second kappa shape index (κ2) is 7.73. The van der Waals surface area contributed by atoms with E-state index in [2.05, 4.69) is 32.0 Å². The van der Waals surface area contributed by atoms with Crippen LogP contribution in [0.1, 0.15) is 17.4 Å². The van der Waals surface area contributed by atoms with E-state index in [4.69, 9.17) is 4.74 Å². The summed E-state index contributed by atoms with van der Waals surface area (Å²) in [4.78, 5) is 14.9. The molecule has 0 spiro atoms. The predicted octanol–water partition coefficient (Wildman–Crippen LogP) is 4.34. The molecule has 0 radical (unpaired) electrons. The summed E-state index contributed by atoms with van der Waals surface area (Å²) in [5.41, 5.74) is 3.95. The van der Waals surface area contributed by atoms with Crippen molar-refractivity contribution in [2.75, 3.05) is 19.8 Å². The Kier molecular flexibility index (Phi) is 4.79. The Morgan fingerprint density at radius 1 is 1.07 bits per heavy atom. The molecule has 5 rings (SSSR count). The number of nitrogens with zero attached hydrogens (tertiary/aromatic N) is 3. The minimum absolute atomic E-state index is 0.0319. The summed E-state index contributed by atoms with van der Waals surface area (Å²) in [6, 6.07) is 16.8. The zero-order valence-electron chi connectivity index (χ0n) is 15.9. The van der Waals surface area contributed by atoms with Gasteiger partial charge < -0.3 is 9.72 Å². The van der Waals surface area contributed by atoms with Crippen molar-refractivity contribution in [1.82, 2.24) is 19.9 Å². The molecule has 146 valence electrons. The molecule has 1 atom stereocenters. The molecule has 29 heavy (non-hydrogen) atoms. The van der Waals surface area contributed by atoms with Gasteiger partial charge in [0.2, 0.25) is 0 Å². The summed E-state index contributed by atoms with van der Waals surface area (Å²) < 4.78 is 18.9. The highest BCUT2D eigenvalue weighted by atomic mass is 19.1. The lowest BCUT2D eigenvalue weighted by Crippen LogP contribution is -2.39. The molecule has 1 fully saturated rings. The van der Waals surface area contributed by atoms with E-state index < -0.39 is 0 Å². The summed E-state index contributed by atoms with van der Waals surface area (Å²) in [7, 11) is 0. The number of aromatic nitrogens is 3. The maximum Gasteiger partial charge on any atom is 0.126 e. The molecule has 1 aliphatic rings. The first kappa shape index (κ1) is 18.0. The average molecular weight is 388 g/mol. The molecule has 0 amide bonds. The standard InChI is InChI=1S/C23H21FN4O/c24-19-7-5-17(6-8-19)21-13-26-23(27-21)22-15-29-10-9-28(22)14-16-11-18-3-1-2-4-20(18)25-12-16/h1-8,11-13,22H,9-10,14-15H2,(H,26,27). The summed E-state index contributed by atoms with van der Waals surface area (Å²) in [6.45, 7) is 2.88. The first-order valence-electron chi connectivity index (χ1n) is 9.72. The second-order valence-corrected chi connectivity index (χ2v) is 7.29. The SMILES string of the molecule is Fc1ccc(-c2cnc(C3COCCN3Cc3cnc4ccccc4c3)[nH]2)cc1. The highest BCUT2D eigenvalue weighted by Crippen LogP contribution is 2.27. The van der Waals surface area contributed by atoms with Gasteiger partial charge in [0.25, 0.3) is 0 Å². The van der Waals surface area contributed by atoms with Gasteiger partial charge >= 0.3 is 0 Å². The zero-order chi connectivity index (χ0) is 19.6. The van der Waals surface area contributed by atoms with E-state index >= 15 is 0 Å². The summed E-state index contributed by atoms with van der Waals surface area (Å²) in [6.07, 6.45) is 3.74. The van der Waals surface area contributed by atoms with Crippen molar-refractivity contribution in [3.63, 3.8) is 0 Å². The third-order valence-electron chi connectivity index (χ3n) is 5.34. The molecule has 6 heteroatoms. The van der Waals surface area contributed by atoms with E-state index in [0.29, 0.717) is 13.2 Å². The predicted molar refractivity (Wildman–Crippen MR) is 110 cm³/mol. The van der Waals surface area contributed by atoms with Crippen molar-refractivity contribution in [1.29, 1.82) is 0 Å². The quantitative estimate of drug-likeness (QED) is 0.565. The van der Waals surface area contributed by atoms with Gasteiger partial charge in [0.1, 0.15) is 11.6 Å². The van der Waals surface area contributed by atoms with Crippen molar-refractivity contribution in [2.24, 2.45) is 0 Å². The van der Waals surface area contributed by atoms with E-state index in [0.717, 1.165) is 41.1 Å². The number of hydrogen-bond acceptors (Lipinski definition) is 4. The van der Waals surface area contributed by atoms with Crippen LogP contribution in [0, 0.1) is 5.82 Å². The Labute approximate surface area is 168 Å². The van der Waals surface area contributed by atoms with Crippen LogP contribution in [0.3, 0.4) is 0 Å². The summed E-state index contributed by atoms with van der Waals surface area (Å²) >= 11 is 0. The van der Waals surface area contributed by atoms with Crippen molar-refractivity contribution >= 4 is 10.9 Å². The van der Waals surface area contributed by atoms with Crippen LogP contribution >= 0.6 is 0 Å². The molecule has 2 aromatic carbocycles. The first-order chi connectivity index (χ1) is 14.3. The summed E-state index contributed by atoms with van der Waals surface area (Å²) in [5, 5.41) is 1.14. The van der Waals surface area contributed by atoms with Crippen LogP contribution in [0.25, 0.3) is 22.2 Å². The average Bonchev–Trinajstić information content (AvgIpc) is 3.25. The molecule has 5 nitrogen and oxygen atoms in total. The Bertz CT molecular complexity index is 1130. The number of fused-ring (bicyclic) bond motifs is 1. The topological polar surface area (TPSA) is 54.0 Å². The lowest BCUT2D eigenvalue weighted by atomic mass is 10.1. The highest BCUT2D eigenvalue weighted by Gasteiger charge is 2.27. The van der Waals surface area contributed by atoms with Crippen LogP contribution in [-0.2, 0) is 11.3 Å². The molecular weight excluding hydrogens is 367 g/mol. The van der Waals surface area contributed by atoms with E-state index in [1.165, 1.54) is 17.7 Å². The van der Waals surface area contributed by atoms with Crippen LogP contribution in [-0.4, -0.2) is 39.6 Å². The van der Waals surface area contributed by atoms with Gasteiger partial charge in [0, 0.05) is 24.7 Å². The Morgan fingerprint density at radius 2 is 1.93 bits per heavy atom. The fraction of sp³-hybridized carbons (Fsp3) is 0.217. The molecule has 0 aliphatic carbocycles. The number of halogens is 1.